The van der Waals surface area contributed by atoms with E-state index in [1.54, 1.807) is 0 Å². The molecule has 1 aromatic carbocycles. The molecule has 0 radical (unpaired) electrons. The lowest BCUT2D eigenvalue weighted by molar-refractivity contribution is -0.122. The lowest BCUT2D eigenvalue weighted by Gasteiger charge is -2.11. The zero-order chi connectivity index (χ0) is 16.4. The molecular weight excluding hydrogens is 288 g/mol. The van der Waals surface area contributed by atoms with Crippen molar-refractivity contribution >= 4 is 22.6 Å². The predicted molar refractivity (Wildman–Crippen MR) is 90.2 cm³/mol. The average Bonchev–Trinajstić information content (AvgIpc) is 3.37. The average molecular weight is 308 g/mol. The second-order valence-electron chi connectivity index (χ2n) is 6.12. The van der Waals surface area contributed by atoms with Gasteiger partial charge in [-0.05, 0) is 56.0 Å². The van der Waals surface area contributed by atoms with E-state index in [2.05, 4.69) is 41.6 Å². The molecular formula is C18H20N4O. The van der Waals surface area contributed by atoms with Crippen LogP contribution in [0.3, 0.4) is 0 Å². The maximum Gasteiger partial charge on any atom is 0.223 e. The van der Waals surface area contributed by atoms with E-state index in [0.29, 0.717) is 24.5 Å². The van der Waals surface area contributed by atoms with Crippen LogP contribution in [-0.4, -0.2) is 24.0 Å². The Bertz CT molecular complexity index is 803. The van der Waals surface area contributed by atoms with Crippen LogP contribution in [-0.2, 0) is 4.79 Å². The summed E-state index contributed by atoms with van der Waals surface area (Å²) in [5.74, 6) is 0.920. The third-order valence-corrected chi connectivity index (χ3v) is 4.22. The third-order valence-electron chi connectivity index (χ3n) is 4.22. The van der Waals surface area contributed by atoms with Gasteiger partial charge in [-0.15, -0.1) is 0 Å². The van der Waals surface area contributed by atoms with Crippen LogP contribution >= 0.6 is 0 Å². The van der Waals surface area contributed by atoms with Crippen molar-refractivity contribution < 1.29 is 4.79 Å². The number of hydrogen-bond donors (Lipinski definition) is 2. The van der Waals surface area contributed by atoms with E-state index >= 15 is 0 Å². The van der Waals surface area contributed by atoms with E-state index in [-0.39, 0.29) is 11.8 Å². The Balaban J connectivity index is 1.72. The van der Waals surface area contributed by atoms with Crippen molar-refractivity contribution in [1.82, 2.24) is 10.3 Å². The number of rotatable bonds is 5. The highest BCUT2D eigenvalue weighted by Gasteiger charge is 2.28. The highest BCUT2D eigenvalue weighted by molar-refractivity contribution is 5.84. The van der Waals surface area contributed by atoms with Crippen LogP contribution in [0.15, 0.2) is 18.2 Å². The smallest absolute Gasteiger partial charge is 0.223 e. The fourth-order valence-electron chi connectivity index (χ4n) is 2.52. The van der Waals surface area contributed by atoms with Crippen LogP contribution in [0.1, 0.15) is 29.5 Å². The Morgan fingerprint density at radius 3 is 2.70 bits per heavy atom. The third kappa shape index (κ3) is 3.42. The molecule has 0 unspecified atom stereocenters. The van der Waals surface area contributed by atoms with Gasteiger partial charge in [0.1, 0.15) is 11.9 Å². The number of anilines is 1. The monoisotopic (exact) mass is 308 g/mol. The molecule has 5 nitrogen and oxygen atoms in total. The van der Waals surface area contributed by atoms with Crippen molar-refractivity contribution in [3.63, 3.8) is 0 Å². The van der Waals surface area contributed by atoms with Crippen LogP contribution in [0.25, 0.3) is 10.9 Å². The van der Waals surface area contributed by atoms with Gasteiger partial charge in [0.05, 0.1) is 11.1 Å². The molecule has 1 amide bonds. The molecule has 118 valence electrons. The standard InChI is InChI=1S/C18H20N4O/c1-11-7-14-9-15(10-19)17(22-16(14)8-12(11)2)20-5-6-21-18(23)13-3-4-13/h7-9,13H,3-6H2,1-2H3,(H,20,22)(H,21,23). The van der Waals surface area contributed by atoms with E-state index in [4.69, 9.17) is 0 Å². The lowest BCUT2D eigenvalue weighted by Crippen LogP contribution is -2.30. The number of carbonyl (C=O) groups is 1. The van der Waals surface area contributed by atoms with Crippen molar-refractivity contribution in [1.29, 1.82) is 5.26 Å². The molecule has 0 bridgehead atoms. The molecule has 0 spiro atoms. The first-order chi connectivity index (χ1) is 11.1. The Kier molecular flexibility index (Phi) is 4.16. The summed E-state index contributed by atoms with van der Waals surface area (Å²) in [6.07, 6.45) is 2.01. The Morgan fingerprint density at radius 1 is 1.26 bits per heavy atom. The van der Waals surface area contributed by atoms with Gasteiger partial charge in [-0.1, -0.05) is 0 Å². The van der Waals surface area contributed by atoms with Gasteiger partial charge in [0.15, 0.2) is 0 Å². The quantitative estimate of drug-likeness (QED) is 0.832. The normalized spacial score (nSPS) is 13.6. The molecule has 3 rings (SSSR count). The van der Waals surface area contributed by atoms with E-state index < -0.39 is 0 Å². The molecule has 23 heavy (non-hydrogen) atoms. The number of pyridine rings is 1. The van der Waals surface area contributed by atoms with Crippen molar-refractivity contribution in [3.05, 3.63) is 34.9 Å². The number of nitrogens with zero attached hydrogens (tertiary/aromatic N) is 2. The molecule has 0 atom stereocenters. The first-order valence-electron chi connectivity index (χ1n) is 7.92. The highest BCUT2D eigenvalue weighted by Crippen LogP contribution is 2.28. The number of benzene rings is 1. The van der Waals surface area contributed by atoms with E-state index in [1.807, 2.05) is 12.1 Å². The first-order valence-corrected chi connectivity index (χ1v) is 7.92. The lowest BCUT2D eigenvalue weighted by atomic mass is 10.0. The first kappa shape index (κ1) is 15.3. The highest BCUT2D eigenvalue weighted by atomic mass is 16.2. The molecule has 1 aliphatic rings. The van der Waals surface area contributed by atoms with Crippen LogP contribution in [0.5, 0.6) is 0 Å². The molecule has 1 aliphatic carbocycles. The number of aromatic nitrogens is 1. The topological polar surface area (TPSA) is 77.8 Å². The van der Waals surface area contributed by atoms with Crippen LogP contribution in [0.2, 0.25) is 0 Å². The molecule has 2 aromatic rings. The van der Waals surface area contributed by atoms with Gasteiger partial charge < -0.3 is 10.6 Å². The number of hydrogen-bond acceptors (Lipinski definition) is 4. The number of carbonyl (C=O) groups excluding carboxylic acids is 1. The van der Waals surface area contributed by atoms with E-state index in [1.165, 1.54) is 11.1 Å². The minimum absolute atomic E-state index is 0.130. The number of fused-ring (bicyclic) bond motifs is 1. The molecule has 2 N–H and O–H groups in total. The van der Waals surface area contributed by atoms with Crippen molar-refractivity contribution in [3.8, 4) is 6.07 Å². The summed E-state index contributed by atoms with van der Waals surface area (Å²) in [5.41, 5.74) is 3.76. The Morgan fingerprint density at radius 2 is 2.00 bits per heavy atom. The van der Waals surface area contributed by atoms with Crippen molar-refractivity contribution in [2.24, 2.45) is 5.92 Å². The summed E-state index contributed by atoms with van der Waals surface area (Å²) in [7, 11) is 0. The summed E-state index contributed by atoms with van der Waals surface area (Å²) in [4.78, 5) is 16.1. The van der Waals surface area contributed by atoms with Gasteiger partial charge in [-0.3, -0.25) is 4.79 Å². The molecule has 0 saturated heterocycles. The minimum Gasteiger partial charge on any atom is -0.367 e. The number of nitriles is 1. The van der Waals surface area contributed by atoms with Crippen LogP contribution in [0.4, 0.5) is 5.82 Å². The SMILES string of the molecule is Cc1cc2cc(C#N)c(NCCNC(=O)C3CC3)nc2cc1C. The summed E-state index contributed by atoms with van der Waals surface area (Å²) in [5, 5.41) is 16.3. The molecule has 1 aromatic heterocycles. The van der Waals surface area contributed by atoms with Gasteiger partial charge in [0.25, 0.3) is 0 Å². The second-order valence-corrected chi connectivity index (χ2v) is 6.12. The zero-order valence-corrected chi connectivity index (χ0v) is 13.4. The van der Waals surface area contributed by atoms with Crippen LogP contribution < -0.4 is 10.6 Å². The summed E-state index contributed by atoms with van der Waals surface area (Å²) < 4.78 is 0. The maximum absolute atomic E-state index is 11.6. The number of nitrogens with one attached hydrogen (secondary N) is 2. The van der Waals surface area contributed by atoms with Crippen LogP contribution in [0, 0.1) is 31.1 Å². The summed E-state index contributed by atoms with van der Waals surface area (Å²) >= 11 is 0. The number of amides is 1. The fraction of sp³-hybridized carbons (Fsp3) is 0.389. The Hall–Kier alpha value is -2.61. The Labute approximate surface area is 135 Å². The minimum atomic E-state index is 0.130. The molecule has 1 fully saturated rings. The molecule has 5 heteroatoms. The van der Waals surface area contributed by atoms with Crippen molar-refractivity contribution in [2.45, 2.75) is 26.7 Å². The van der Waals surface area contributed by atoms with Gasteiger partial charge >= 0.3 is 0 Å². The van der Waals surface area contributed by atoms with Gasteiger partial charge in [-0.2, -0.15) is 5.26 Å². The van der Waals surface area contributed by atoms with Gasteiger partial charge in [0.2, 0.25) is 5.91 Å². The predicted octanol–water partition coefficient (Wildman–Crippen LogP) is 2.66. The summed E-state index contributed by atoms with van der Waals surface area (Å²) in [6, 6.07) is 8.14. The van der Waals surface area contributed by atoms with E-state index in [0.717, 1.165) is 23.7 Å². The zero-order valence-electron chi connectivity index (χ0n) is 13.4. The molecule has 1 saturated carbocycles. The van der Waals surface area contributed by atoms with E-state index in [9.17, 15) is 10.1 Å². The largest absolute Gasteiger partial charge is 0.367 e. The van der Waals surface area contributed by atoms with Gasteiger partial charge in [-0.25, -0.2) is 4.98 Å². The fourth-order valence-corrected chi connectivity index (χ4v) is 2.52. The second kappa shape index (κ2) is 6.25. The summed E-state index contributed by atoms with van der Waals surface area (Å²) in [6.45, 7) is 5.19. The maximum atomic E-state index is 11.6. The molecule has 1 heterocycles. The van der Waals surface area contributed by atoms with Gasteiger partial charge in [0, 0.05) is 24.4 Å². The van der Waals surface area contributed by atoms with Crippen molar-refractivity contribution in [2.75, 3.05) is 18.4 Å². The number of aryl methyl sites for hydroxylation is 2. The molecule has 0 aliphatic heterocycles.